The Morgan fingerprint density at radius 2 is 2.10 bits per heavy atom. The fourth-order valence-corrected chi connectivity index (χ4v) is 2.55. The molecule has 0 amide bonds. The lowest BCUT2D eigenvalue weighted by Crippen LogP contribution is -2.16. The second kappa shape index (κ2) is 6.29. The fourth-order valence-electron chi connectivity index (χ4n) is 2.22. The van der Waals surface area contributed by atoms with E-state index in [0.29, 0.717) is 5.52 Å². The van der Waals surface area contributed by atoms with Crippen molar-refractivity contribution in [2.75, 3.05) is 20.6 Å². The molecule has 1 unspecified atom stereocenters. The minimum absolute atomic E-state index is 0.0872. The Bertz CT molecular complexity index is 608. The number of hydrogen-bond acceptors (Lipinski definition) is 2. The van der Waals surface area contributed by atoms with Gasteiger partial charge in [-0.2, -0.15) is 0 Å². The average Bonchev–Trinajstić information content (AvgIpc) is 2.68. The first-order valence-electron chi connectivity index (χ1n) is 6.54. The molecule has 6 heteroatoms. The van der Waals surface area contributed by atoms with Gasteiger partial charge in [-0.25, -0.2) is 9.37 Å². The van der Waals surface area contributed by atoms with Crippen LogP contribution in [0, 0.1) is 5.82 Å². The Balaban J connectivity index is 2.42. The Kier molecular flexibility index (Phi) is 4.89. The molecule has 0 bridgehead atoms. The van der Waals surface area contributed by atoms with E-state index in [0.717, 1.165) is 30.9 Å². The van der Waals surface area contributed by atoms with E-state index in [2.05, 4.69) is 9.88 Å². The molecule has 20 heavy (non-hydrogen) atoms. The van der Waals surface area contributed by atoms with Crippen molar-refractivity contribution in [3.05, 3.63) is 28.8 Å². The van der Waals surface area contributed by atoms with Gasteiger partial charge in [0.2, 0.25) is 0 Å². The van der Waals surface area contributed by atoms with Crippen molar-refractivity contribution in [1.82, 2.24) is 14.5 Å². The van der Waals surface area contributed by atoms with E-state index < -0.39 is 5.82 Å². The molecule has 2 rings (SSSR count). The lowest BCUT2D eigenvalue weighted by molar-refractivity contribution is 0.386. The van der Waals surface area contributed by atoms with Crippen molar-refractivity contribution in [2.24, 2.45) is 0 Å². The number of halogens is 3. The van der Waals surface area contributed by atoms with Gasteiger partial charge in [0.05, 0.1) is 21.4 Å². The predicted octanol–water partition coefficient (Wildman–Crippen LogP) is 4.08. The summed E-state index contributed by atoms with van der Waals surface area (Å²) in [5.41, 5.74) is 1.43. The predicted molar refractivity (Wildman–Crippen MR) is 82.1 cm³/mol. The van der Waals surface area contributed by atoms with Gasteiger partial charge in [-0.15, -0.1) is 11.6 Å². The van der Waals surface area contributed by atoms with Crippen molar-refractivity contribution < 1.29 is 4.39 Å². The number of aryl methyl sites for hydroxylation is 1. The van der Waals surface area contributed by atoms with Gasteiger partial charge >= 0.3 is 0 Å². The topological polar surface area (TPSA) is 21.1 Å². The molecule has 2 aromatic rings. The molecule has 1 aromatic heterocycles. The highest BCUT2D eigenvalue weighted by atomic mass is 35.5. The number of hydrogen-bond donors (Lipinski definition) is 0. The van der Waals surface area contributed by atoms with E-state index in [4.69, 9.17) is 23.2 Å². The molecule has 0 aliphatic carbocycles. The zero-order valence-electron chi connectivity index (χ0n) is 11.8. The largest absolute Gasteiger partial charge is 0.327 e. The summed E-state index contributed by atoms with van der Waals surface area (Å²) < 4.78 is 15.7. The molecule has 1 atom stereocenters. The summed E-state index contributed by atoms with van der Waals surface area (Å²) >= 11 is 12.0. The quantitative estimate of drug-likeness (QED) is 0.775. The van der Waals surface area contributed by atoms with Crippen LogP contribution in [0.25, 0.3) is 11.0 Å². The summed E-state index contributed by atoms with van der Waals surface area (Å²) in [5.74, 6) is 0.323. The van der Waals surface area contributed by atoms with Crippen LogP contribution in [-0.2, 0) is 6.54 Å². The van der Waals surface area contributed by atoms with Crippen LogP contribution >= 0.6 is 23.2 Å². The molecule has 0 spiro atoms. The number of rotatable bonds is 5. The molecule has 1 heterocycles. The summed E-state index contributed by atoms with van der Waals surface area (Å²) in [6.07, 6.45) is 0.944. The van der Waals surface area contributed by atoms with Gasteiger partial charge in [0.1, 0.15) is 11.6 Å². The van der Waals surface area contributed by atoms with Crippen LogP contribution < -0.4 is 0 Å². The standard InChI is InChI=1S/C14H18Cl2FN3/c1-9(15)14-18-12-7-10(16)11(17)8-13(12)20(14)6-4-5-19(2)3/h7-9H,4-6H2,1-3H3. The Hall–Kier alpha value is -0.840. The normalized spacial score (nSPS) is 13.3. The molecule has 110 valence electrons. The third kappa shape index (κ3) is 3.25. The van der Waals surface area contributed by atoms with Crippen molar-refractivity contribution in [1.29, 1.82) is 0 Å². The minimum Gasteiger partial charge on any atom is -0.327 e. The van der Waals surface area contributed by atoms with Crippen LogP contribution in [0.15, 0.2) is 12.1 Å². The van der Waals surface area contributed by atoms with Gasteiger partial charge in [-0.1, -0.05) is 11.6 Å². The van der Waals surface area contributed by atoms with Gasteiger partial charge in [0.15, 0.2) is 0 Å². The third-order valence-electron chi connectivity index (χ3n) is 3.16. The number of alkyl halides is 1. The van der Waals surface area contributed by atoms with Gasteiger partial charge in [-0.05, 0) is 40.1 Å². The second-order valence-electron chi connectivity index (χ2n) is 5.15. The molecular weight excluding hydrogens is 300 g/mol. The number of nitrogens with zero attached hydrogens (tertiary/aromatic N) is 3. The van der Waals surface area contributed by atoms with E-state index >= 15 is 0 Å². The molecule has 0 N–H and O–H groups in total. The van der Waals surface area contributed by atoms with Crippen molar-refractivity contribution in [2.45, 2.75) is 25.3 Å². The molecule has 0 radical (unpaired) electrons. The average molecular weight is 318 g/mol. The van der Waals surface area contributed by atoms with Crippen LogP contribution in [0.4, 0.5) is 4.39 Å². The van der Waals surface area contributed by atoms with Crippen LogP contribution in [0.5, 0.6) is 0 Å². The van der Waals surface area contributed by atoms with Crippen LogP contribution in [0.1, 0.15) is 24.5 Å². The maximum absolute atomic E-state index is 13.7. The second-order valence-corrected chi connectivity index (χ2v) is 6.21. The Morgan fingerprint density at radius 1 is 1.40 bits per heavy atom. The SMILES string of the molecule is CC(Cl)c1nc2cc(Cl)c(F)cc2n1CCCN(C)C. The molecule has 0 saturated heterocycles. The first-order chi connectivity index (χ1) is 9.40. The zero-order valence-corrected chi connectivity index (χ0v) is 13.3. The van der Waals surface area contributed by atoms with Gasteiger partial charge < -0.3 is 9.47 Å². The van der Waals surface area contributed by atoms with E-state index in [1.165, 1.54) is 6.07 Å². The highest BCUT2D eigenvalue weighted by Crippen LogP contribution is 2.28. The first kappa shape index (κ1) is 15.5. The van der Waals surface area contributed by atoms with Crippen molar-refractivity contribution >= 4 is 34.2 Å². The molecule has 3 nitrogen and oxygen atoms in total. The lowest BCUT2D eigenvalue weighted by Gasteiger charge is -2.13. The van der Waals surface area contributed by atoms with Crippen LogP contribution in [0.2, 0.25) is 5.02 Å². The molecule has 0 fully saturated rings. The third-order valence-corrected chi connectivity index (χ3v) is 3.65. The van der Waals surface area contributed by atoms with Crippen LogP contribution in [-0.4, -0.2) is 35.1 Å². The smallest absolute Gasteiger partial charge is 0.144 e. The number of aromatic nitrogens is 2. The molecular formula is C14H18Cl2FN3. The summed E-state index contributed by atoms with van der Waals surface area (Å²) in [7, 11) is 4.05. The van der Waals surface area contributed by atoms with Crippen LogP contribution in [0.3, 0.4) is 0 Å². The van der Waals surface area contributed by atoms with E-state index in [1.807, 2.05) is 25.6 Å². The van der Waals surface area contributed by atoms with Crippen molar-refractivity contribution in [3.8, 4) is 0 Å². The number of benzene rings is 1. The zero-order chi connectivity index (χ0) is 14.9. The number of fused-ring (bicyclic) bond motifs is 1. The molecule has 0 saturated carbocycles. The fraction of sp³-hybridized carbons (Fsp3) is 0.500. The molecule has 0 aliphatic rings. The first-order valence-corrected chi connectivity index (χ1v) is 7.35. The van der Waals surface area contributed by atoms with Gasteiger partial charge in [-0.3, -0.25) is 0 Å². The summed E-state index contributed by atoms with van der Waals surface area (Å²) in [6, 6.07) is 2.99. The van der Waals surface area contributed by atoms with Gasteiger partial charge in [0, 0.05) is 12.6 Å². The number of imidazole rings is 1. The lowest BCUT2D eigenvalue weighted by atomic mass is 10.3. The minimum atomic E-state index is -0.429. The summed E-state index contributed by atoms with van der Waals surface area (Å²) in [6.45, 7) is 3.57. The van der Waals surface area contributed by atoms with E-state index in [1.54, 1.807) is 6.07 Å². The monoisotopic (exact) mass is 317 g/mol. The molecule has 1 aromatic carbocycles. The highest BCUT2D eigenvalue weighted by Gasteiger charge is 2.16. The maximum Gasteiger partial charge on any atom is 0.144 e. The van der Waals surface area contributed by atoms with E-state index in [-0.39, 0.29) is 10.4 Å². The summed E-state index contributed by atoms with van der Waals surface area (Å²) in [5, 5.41) is -0.146. The van der Waals surface area contributed by atoms with E-state index in [9.17, 15) is 4.39 Å². The Labute approximate surface area is 128 Å². The molecule has 0 aliphatic heterocycles. The Morgan fingerprint density at radius 3 is 2.70 bits per heavy atom. The van der Waals surface area contributed by atoms with Crippen molar-refractivity contribution in [3.63, 3.8) is 0 Å². The maximum atomic E-state index is 13.7. The van der Waals surface area contributed by atoms with Gasteiger partial charge in [0.25, 0.3) is 0 Å². The summed E-state index contributed by atoms with van der Waals surface area (Å²) in [4.78, 5) is 6.59. The highest BCUT2D eigenvalue weighted by molar-refractivity contribution is 6.31.